The van der Waals surface area contributed by atoms with E-state index in [-0.39, 0.29) is 0 Å². The van der Waals surface area contributed by atoms with Gasteiger partial charge in [0.1, 0.15) is 0 Å². The summed E-state index contributed by atoms with van der Waals surface area (Å²) in [5, 5.41) is 13.2. The molecule has 74 valence electrons. The van der Waals surface area contributed by atoms with E-state index < -0.39 is 0 Å². The van der Waals surface area contributed by atoms with E-state index in [2.05, 4.69) is 20.5 Å². The first-order chi connectivity index (χ1) is 6.70. The summed E-state index contributed by atoms with van der Waals surface area (Å²) >= 11 is 2.93. The quantitative estimate of drug-likeness (QED) is 0.814. The van der Waals surface area contributed by atoms with Gasteiger partial charge in [-0.1, -0.05) is 22.7 Å². The van der Waals surface area contributed by atoms with Crippen LogP contribution < -0.4 is 11.1 Å². The van der Waals surface area contributed by atoms with Gasteiger partial charge >= 0.3 is 0 Å². The zero-order valence-corrected chi connectivity index (χ0v) is 9.37. The van der Waals surface area contributed by atoms with Gasteiger partial charge in [-0.3, -0.25) is 0 Å². The lowest BCUT2D eigenvalue weighted by molar-refractivity contribution is 1.09. The molecular weight excluding hydrogens is 218 g/mol. The van der Waals surface area contributed by atoms with Gasteiger partial charge in [-0.25, -0.2) is 4.98 Å². The third-order valence-electron chi connectivity index (χ3n) is 1.65. The van der Waals surface area contributed by atoms with Crippen molar-refractivity contribution in [3.8, 4) is 9.88 Å². The Hall–Kier alpha value is -1.21. The monoisotopic (exact) mass is 227 g/mol. The van der Waals surface area contributed by atoms with Crippen LogP contribution in [0.2, 0.25) is 0 Å². The molecule has 0 radical (unpaired) electrons. The lowest BCUT2D eigenvalue weighted by Gasteiger charge is -1.88. The average molecular weight is 227 g/mol. The van der Waals surface area contributed by atoms with E-state index in [0.717, 1.165) is 20.7 Å². The third-order valence-corrected chi connectivity index (χ3v) is 3.73. The first-order valence-electron chi connectivity index (χ1n) is 3.95. The van der Waals surface area contributed by atoms with Crippen molar-refractivity contribution in [3.63, 3.8) is 0 Å². The molecule has 2 aromatic heterocycles. The first-order valence-corrected chi connectivity index (χ1v) is 5.58. The van der Waals surface area contributed by atoms with Crippen LogP contribution in [-0.2, 0) is 0 Å². The van der Waals surface area contributed by atoms with Crippen LogP contribution in [0.15, 0.2) is 0 Å². The third kappa shape index (κ3) is 1.55. The maximum atomic E-state index is 5.60. The number of anilines is 2. The van der Waals surface area contributed by atoms with Gasteiger partial charge < -0.3 is 11.1 Å². The fourth-order valence-electron chi connectivity index (χ4n) is 1.03. The molecule has 3 N–H and O–H groups in total. The van der Waals surface area contributed by atoms with E-state index in [9.17, 15) is 0 Å². The number of nitrogens with zero attached hydrogens (tertiary/aromatic N) is 3. The van der Waals surface area contributed by atoms with Gasteiger partial charge in [0.25, 0.3) is 0 Å². The highest BCUT2D eigenvalue weighted by atomic mass is 32.1. The van der Waals surface area contributed by atoms with E-state index in [0.29, 0.717) is 5.13 Å². The molecule has 0 fully saturated rings. The summed E-state index contributed by atoms with van der Waals surface area (Å²) in [4.78, 5) is 5.14. The van der Waals surface area contributed by atoms with Crippen molar-refractivity contribution in [2.45, 2.75) is 6.92 Å². The Balaban J connectivity index is 2.43. The Bertz CT molecular complexity index is 447. The second kappa shape index (κ2) is 3.50. The summed E-state index contributed by atoms with van der Waals surface area (Å²) in [6.07, 6.45) is 0. The van der Waals surface area contributed by atoms with Crippen LogP contribution in [0.3, 0.4) is 0 Å². The van der Waals surface area contributed by atoms with E-state index in [1.807, 2.05) is 14.0 Å². The molecule has 0 aliphatic heterocycles. The largest absolute Gasteiger partial charge is 0.375 e. The zero-order valence-electron chi connectivity index (χ0n) is 7.74. The molecule has 0 spiro atoms. The Morgan fingerprint density at radius 3 is 2.57 bits per heavy atom. The van der Waals surface area contributed by atoms with Gasteiger partial charge in [0, 0.05) is 7.05 Å². The number of nitrogen functional groups attached to an aromatic ring is 1. The lowest BCUT2D eigenvalue weighted by Crippen LogP contribution is -1.84. The van der Waals surface area contributed by atoms with Gasteiger partial charge in [-0.05, 0) is 6.92 Å². The fourth-order valence-corrected chi connectivity index (χ4v) is 2.68. The topological polar surface area (TPSA) is 76.7 Å². The van der Waals surface area contributed by atoms with Crippen LogP contribution in [0.4, 0.5) is 10.3 Å². The lowest BCUT2D eigenvalue weighted by atomic mass is 10.4. The van der Waals surface area contributed by atoms with Crippen LogP contribution in [0.5, 0.6) is 0 Å². The predicted molar refractivity (Wildman–Crippen MR) is 59.7 cm³/mol. The Kier molecular flexibility index (Phi) is 2.34. The van der Waals surface area contributed by atoms with Crippen molar-refractivity contribution in [1.29, 1.82) is 0 Å². The zero-order chi connectivity index (χ0) is 10.1. The standard InChI is InChI=1S/C7H9N5S2/c1-3-4(13-6(8)10-3)5-11-12-7(9-2)14-5/h1-2H3,(H2,8,10)(H,9,12). The normalized spacial score (nSPS) is 10.4. The predicted octanol–water partition coefficient (Wildman–Crippen LogP) is 1.59. The Morgan fingerprint density at radius 1 is 1.29 bits per heavy atom. The van der Waals surface area contributed by atoms with Crippen LogP contribution in [-0.4, -0.2) is 22.2 Å². The summed E-state index contributed by atoms with van der Waals surface area (Å²) in [6, 6.07) is 0. The van der Waals surface area contributed by atoms with E-state index in [1.54, 1.807) is 0 Å². The van der Waals surface area contributed by atoms with Crippen LogP contribution in [0.25, 0.3) is 9.88 Å². The molecule has 0 aliphatic rings. The van der Waals surface area contributed by atoms with E-state index in [1.165, 1.54) is 22.7 Å². The van der Waals surface area contributed by atoms with Gasteiger partial charge in [0.15, 0.2) is 10.1 Å². The van der Waals surface area contributed by atoms with Crippen molar-refractivity contribution < 1.29 is 0 Å². The molecule has 2 heterocycles. The highest BCUT2D eigenvalue weighted by Gasteiger charge is 2.12. The highest BCUT2D eigenvalue weighted by molar-refractivity contribution is 7.25. The minimum atomic E-state index is 0.568. The number of thiazole rings is 1. The maximum Gasteiger partial charge on any atom is 0.205 e. The van der Waals surface area contributed by atoms with Gasteiger partial charge in [0.05, 0.1) is 10.6 Å². The van der Waals surface area contributed by atoms with Gasteiger partial charge in [-0.15, -0.1) is 10.2 Å². The van der Waals surface area contributed by atoms with Crippen molar-refractivity contribution in [2.75, 3.05) is 18.1 Å². The molecule has 2 rings (SSSR count). The molecular formula is C7H9N5S2. The number of hydrogen-bond acceptors (Lipinski definition) is 7. The smallest absolute Gasteiger partial charge is 0.205 e. The maximum absolute atomic E-state index is 5.60. The molecule has 0 aliphatic carbocycles. The molecule has 5 nitrogen and oxygen atoms in total. The van der Waals surface area contributed by atoms with Crippen molar-refractivity contribution in [2.24, 2.45) is 0 Å². The molecule has 0 saturated heterocycles. The second-order valence-corrected chi connectivity index (χ2v) is 4.64. The van der Waals surface area contributed by atoms with Crippen LogP contribution in [0, 0.1) is 6.92 Å². The number of nitrogens with one attached hydrogen (secondary N) is 1. The molecule has 2 aromatic rings. The number of aromatic nitrogens is 3. The summed E-state index contributed by atoms with van der Waals surface area (Å²) in [5.41, 5.74) is 6.51. The molecule has 0 bridgehead atoms. The number of hydrogen-bond donors (Lipinski definition) is 2. The summed E-state index contributed by atoms with van der Waals surface area (Å²) in [6.45, 7) is 1.92. The molecule has 0 unspecified atom stereocenters. The van der Waals surface area contributed by atoms with Crippen molar-refractivity contribution in [3.05, 3.63) is 5.69 Å². The SMILES string of the molecule is CNc1nnc(-c2sc(N)nc2C)s1. The number of aryl methyl sites for hydroxylation is 1. The Morgan fingerprint density at radius 2 is 2.07 bits per heavy atom. The van der Waals surface area contributed by atoms with Crippen molar-refractivity contribution in [1.82, 2.24) is 15.2 Å². The molecule has 7 heteroatoms. The average Bonchev–Trinajstić information content (AvgIpc) is 2.71. The molecule has 0 aromatic carbocycles. The van der Waals surface area contributed by atoms with E-state index in [4.69, 9.17) is 5.73 Å². The van der Waals surface area contributed by atoms with Gasteiger partial charge in [-0.2, -0.15) is 0 Å². The first kappa shape index (κ1) is 9.35. The summed E-state index contributed by atoms with van der Waals surface area (Å²) < 4.78 is 0. The second-order valence-electron chi connectivity index (χ2n) is 2.63. The molecule has 0 amide bonds. The minimum absolute atomic E-state index is 0.568. The Labute approximate surface area is 89.0 Å². The van der Waals surface area contributed by atoms with Gasteiger partial charge in [0.2, 0.25) is 5.13 Å². The minimum Gasteiger partial charge on any atom is -0.375 e. The van der Waals surface area contributed by atoms with E-state index >= 15 is 0 Å². The molecule has 0 atom stereocenters. The van der Waals surface area contributed by atoms with Crippen LogP contribution >= 0.6 is 22.7 Å². The molecule has 0 saturated carbocycles. The van der Waals surface area contributed by atoms with Crippen LogP contribution in [0.1, 0.15) is 5.69 Å². The summed E-state index contributed by atoms with van der Waals surface area (Å²) in [5.74, 6) is 0. The highest BCUT2D eigenvalue weighted by Crippen LogP contribution is 2.34. The fraction of sp³-hybridized carbons (Fsp3) is 0.286. The molecule has 14 heavy (non-hydrogen) atoms. The van der Waals surface area contributed by atoms with Crippen molar-refractivity contribution >= 4 is 32.9 Å². The summed E-state index contributed by atoms with van der Waals surface area (Å²) in [7, 11) is 1.82. The number of nitrogens with two attached hydrogens (primary N) is 1. The number of rotatable bonds is 2.